The second-order valence-corrected chi connectivity index (χ2v) is 7.84. The maximum Gasteiger partial charge on any atom is 0.271 e. The number of sulfonamides is 1. The van der Waals surface area contributed by atoms with E-state index in [9.17, 15) is 13.2 Å². The molecule has 1 fully saturated rings. The first-order chi connectivity index (χ1) is 11.1. The SMILES string of the molecule is O=C(Nc1ccccc1NS(=O)(=O)c1cccs1)C1CCNN1. The topological polar surface area (TPSA) is 99.3 Å². The number of nitrogens with one attached hydrogen (secondary N) is 4. The van der Waals surface area contributed by atoms with Crippen LogP contribution >= 0.6 is 11.3 Å². The largest absolute Gasteiger partial charge is 0.323 e. The van der Waals surface area contributed by atoms with E-state index >= 15 is 0 Å². The summed E-state index contributed by atoms with van der Waals surface area (Å²) in [6.07, 6.45) is 0.676. The van der Waals surface area contributed by atoms with E-state index in [0.717, 1.165) is 11.3 Å². The average Bonchev–Trinajstić information content (AvgIpc) is 3.23. The first-order valence-electron chi connectivity index (χ1n) is 7.01. The van der Waals surface area contributed by atoms with Crippen molar-refractivity contribution in [3.8, 4) is 0 Å². The molecule has 1 unspecified atom stereocenters. The molecular weight excluding hydrogens is 336 g/mol. The summed E-state index contributed by atoms with van der Waals surface area (Å²) < 4.78 is 27.4. The fourth-order valence-electron chi connectivity index (χ4n) is 2.19. The normalized spacial score (nSPS) is 17.8. The number of rotatable bonds is 5. The standard InChI is InChI=1S/C14H16N4O3S2/c19-14(12-7-8-15-17-12)16-10-4-1-2-5-11(10)18-23(20,21)13-6-3-9-22-13/h1-6,9,12,15,17-18H,7-8H2,(H,16,19). The van der Waals surface area contributed by atoms with Gasteiger partial charge in [-0.05, 0) is 30.0 Å². The van der Waals surface area contributed by atoms with Crippen LogP contribution in [0.25, 0.3) is 0 Å². The number of hydrogen-bond donors (Lipinski definition) is 4. The Hall–Kier alpha value is -1.94. The maximum absolute atomic E-state index is 12.3. The van der Waals surface area contributed by atoms with E-state index in [-0.39, 0.29) is 16.2 Å². The Kier molecular flexibility index (Phi) is 4.62. The van der Waals surface area contributed by atoms with E-state index in [1.165, 1.54) is 6.07 Å². The van der Waals surface area contributed by atoms with Crippen LogP contribution in [-0.4, -0.2) is 26.9 Å². The highest BCUT2D eigenvalue weighted by atomic mass is 32.2. The zero-order valence-electron chi connectivity index (χ0n) is 12.1. The van der Waals surface area contributed by atoms with Gasteiger partial charge in [-0.25, -0.2) is 13.8 Å². The Balaban J connectivity index is 1.79. The summed E-state index contributed by atoms with van der Waals surface area (Å²) in [5.41, 5.74) is 6.51. The lowest BCUT2D eigenvalue weighted by molar-refractivity contribution is -0.117. The third-order valence-electron chi connectivity index (χ3n) is 3.34. The number of hydrazine groups is 1. The van der Waals surface area contributed by atoms with Crippen LogP contribution in [0.1, 0.15) is 6.42 Å². The van der Waals surface area contributed by atoms with E-state index < -0.39 is 10.0 Å². The molecule has 0 spiro atoms. The quantitative estimate of drug-likeness (QED) is 0.651. The monoisotopic (exact) mass is 352 g/mol. The minimum atomic E-state index is -3.66. The van der Waals surface area contributed by atoms with Crippen molar-refractivity contribution >= 4 is 38.6 Å². The summed E-state index contributed by atoms with van der Waals surface area (Å²) in [5.74, 6) is -0.210. The van der Waals surface area contributed by atoms with E-state index in [1.54, 1.807) is 35.7 Å². The molecule has 2 aromatic rings. The molecule has 1 aliphatic heterocycles. The van der Waals surface area contributed by atoms with Gasteiger partial charge in [0.05, 0.1) is 11.4 Å². The molecule has 2 heterocycles. The number of hydrogen-bond acceptors (Lipinski definition) is 6. The summed E-state index contributed by atoms with van der Waals surface area (Å²) >= 11 is 1.13. The van der Waals surface area contributed by atoms with Gasteiger partial charge in [0.15, 0.2) is 0 Å². The molecular formula is C14H16N4O3S2. The van der Waals surface area contributed by atoms with Crippen molar-refractivity contribution in [3.05, 3.63) is 41.8 Å². The molecule has 1 amide bonds. The van der Waals surface area contributed by atoms with Crippen LogP contribution < -0.4 is 20.9 Å². The molecule has 7 nitrogen and oxygen atoms in total. The van der Waals surface area contributed by atoms with Gasteiger partial charge in [-0.3, -0.25) is 14.9 Å². The number of thiophene rings is 1. The van der Waals surface area contributed by atoms with Crippen LogP contribution in [0.2, 0.25) is 0 Å². The van der Waals surface area contributed by atoms with Crippen molar-refractivity contribution in [1.82, 2.24) is 10.9 Å². The first-order valence-corrected chi connectivity index (χ1v) is 9.37. The van der Waals surface area contributed by atoms with Crippen molar-refractivity contribution in [2.75, 3.05) is 16.6 Å². The fourth-order valence-corrected chi connectivity index (χ4v) is 4.27. The third-order valence-corrected chi connectivity index (χ3v) is 6.10. The van der Waals surface area contributed by atoms with Gasteiger partial charge >= 0.3 is 0 Å². The lowest BCUT2D eigenvalue weighted by Gasteiger charge is -2.15. The van der Waals surface area contributed by atoms with Crippen LogP contribution in [0.5, 0.6) is 0 Å². The van der Waals surface area contributed by atoms with Crippen LogP contribution in [0.15, 0.2) is 46.0 Å². The van der Waals surface area contributed by atoms with E-state index in [2.05, 4.69) is 20.9 Å². The summed E-state index contributed by atoms with van der Waals surface area (Å²) in [5, 5.41) is 4.45. The Morgan fingerprint density at radius 2 is 1.96 bits per heavy atom. The van der Waals surface area contributed by atoms with Crippen molar-refractivity contribution in [2.24, 2.45) is 0 Å². The van der Waals surface area contributed by atoms with Gasteiger partial charge in [-0.2, -0.15) is 0 Å². The molecule has 0 saturated carbocycles. The molecule has 1 aliphatic rings. The van der Waals surface area contributed by atoms with Crippen molar-refractivity contribution < 1.29 is 13.2 Å². The number of para-hydroxylation sites is 2. The minimum Gasteiger partial charge on any atom is -0.323 e. The van der Waals surface area contributed by atoms with Crippen molar-refractivity contribution in [2.45, 2.75) is 16.7 Å². The van der Waals surface area contributed by atoms with Gasteiger partial charge < -0.3 is 5.32 Å². The lowest BCUT2D eigenvalue weighted by atomic mass is 10.2. The Labute approximate surface area is 138 Å². The fraction of sp³-hybridized carbons (Fsp3) is 0.214. The smallest absolute Gasteiger partial charge is 0.271 e. The van der Waals surface area contributed by atoms with Gasteiger partial charge in [-0.15, -0.1) is 11.3 Å². The lowest BCUT2D eigenvalue weighted by Crippen LogP contribution is -2.39. The highest BCUT2D eigenvalue weighted by molar-refractivity contribution is 7.94. The van der Waals surface area contributed by atoms with Gasteiger partial charge in [0.25, 0.3) is 10.0 Å². The minimum absolute atomic E-state index is 0.210. The molecule has 122 valence electrons. The number of amides is 1. The van der Waals surface area contributed by atoms with E-state index in [0.29, 0.717) is 24.3 Å². The molecule has 1 aromatic heterocycles. The van der Waals surface area contributed by atoms with E-state index in [4.69, 9.17) is 0 Å². The molecule has 4 N–H and O–H groups in total. The summed E-state index contributed by atoms with van der Waals surface area (Å²) in [7, 11) is -3.66. The first kappa shape index (κ1) is 15.9. The Bertz CT molecular complexity index is 784. The van der Waals surface area contributed by atoms with Crippen molar-refractivity contribution in [1.29, 1.82) is 0 Å². The zero-order chi connectivity index (χ0) is 16.3. The molecule has 1 aromatic carbocycles. The summed E-state index contributed by atoms with van der Waals surface area (Å²) in [6, 6.07) is 9.58. The van der Waals surface area contributed by atoms with Crippen molar-refractivity contribution in [3.63, 3.8) is 0 Å². The second-order valence-electron chi connectivity index (χ2n) is 4.98. The number of benzene rings is 1. The van der Waals surface area contributed by atoms with Crippen LogP contribution in [0, 0.1) is 0 Å². The molecule has 0 aliphatic carbocycles. The Morgan fingerprint density at radius 1 is 1.17 bits per heavy atom. The summed E-state index contributed by atoms with van der Waals surface area (Å²) in [6.45, 7) is 0.713. The second kappa shape index (κ2) is 6.67. The molecule has 1 saturated heterocycles. The highest BCUT2D eigenvalue weighted by Gasteiger charge is 2.23. The summed E-state index contributed by atoms with van der Waals surface area (Å²) in [4.78, 5) is 12.2. The van der Waals surface area contributed by atoms with Crippen LogP contribution in [0.3, 0.4) is 0 Å². The number of carbonyl (C=O) groups excluding carboxylic acids is 1. The van der Waals surface area contributed by atoms with Gasteiger partial charge in [0.1, 0.15) is 10.3 Å². The molecule has 3 rings (SSSR count). The third kappa shape index (κ3) is 3.70. The molecule has 0 radical (unpaired) electrons. The van der Waals surface area contributed by atoms with Crippen LogP contribution in [0.4, 0.5) is 11.4 Å². The zero-order valence-corrected chi connectivity index (χ0v) is 13.7. The predicted octanol–water partition coefficient (Wildman–Crippen LogP) is 1.35. The molecule has 0 bridgehead atoms. The highest BCUT2D eigenvalue weighted by Crippen LogP contribution is 2.26. The number of carbonyl (C=O) groups is 1. The molecule has 23 heavy (non-hydrogen) atoms. The maximum atomic E-state index is 12.3. The van der Waals surface area contributed by atoms with Gasteiger partial charge in [-0.1, -0.05) is 18.2 Å². The molecule has 9 heteroatoms. The Morgan fingerprint density at radius 3 is 2.61 bits per heavy atom. The predicted molar refractivity (Wildman–Crippen MR) is 89.7 cm³/mol. The average molecular weight is 352 g/mol. The van der Waals surface area contributed by atoms with Crippen LogP contribution in [-0.2, 0) is 14.8 Å². The van der Waals surface area contributed by atoms with Gasteiger partial charge in [0.2, 0.25) is 5.91 Å². The molecule has 1 atom stereocenters. The van der Waals surface area contributed by atoms with E-state index in [1.807, 2.05) is 0 Å². The van der Waals surface area contributed by atoms with Gasteiger partial charge in [0, 0.05) is 6.54 Å². The number of anilines is 2.